The van der Waals surface area contributed by atoms with Crippen molar-refractivity contribution < 1.29 is 23.9 Å². The van der Waals surface area contributed by atoms with Crippen LogP contribution in [0.3, 0.4) is 0 Å². The molecule has 4 fully saturated rings. The number of rotatable bonds is 10. The van der Waals surface area contributed by atoms with Crippen LogP contribution in [0.5, 0.6) is 11.5 Å². The summed E-state index contributed by atoms with van der Waals surface area (Å²) in [7, 11) is 5.11. The average Bonchev–Trinajstić information content (AvgIpc) is 3.97. The van der Waals surface area contributed by atoms with Crippen LogP contribution in [0.25, 0.3) is 21.9 Å². The summed E-state index contributed by atoms with van der Waals surface area (Å²) in [5.74, 6) is 1.58. The lowest BCUT2D eigenvalue weighted by molar-refractivity contribution is -0.136. The first kappa shape index (κ1) is 37.5. The van der Waals surface area contributed by atoms with Crippen molar-refractivity contribution >= 4 is 39.9 Å². The van der Waals surface area contributed by atoms with E-state index in [1.54, 1.807) is 38.2 Å². The highest BCUT2D eigenvalue weighted by molar-refractivity contribution is 6.01. The first-order chi connectivity index (χ1) is 27.1. The predicted molar refractivity (Wildman–Crippen MR) is 215 cm³/mol. The van der Waals surface area contributed by atoms with E-state index in [0.29, 0.717) is 43.7 Å². The zero-order valence-electron chi connectivity index (χ0n) is 32.7. The molecule has 56 heavy (non-hydrogen) atoms. The minimum Gasteiger partial charge on any atom is -0.496 e. The normalized spacial score (nSPS) is 20.0. The maximum absolute atomic E-state index is 13.8. The number of pyridine rings is 2. The van der Waals surface area contributed by atoms with Gasteiger partial charge in [0.05, 0.1) is 25.2 Å². The summed E-state index contributed by atoms with van der Waals surface area (Å²) in [6.07, 6.45) is 10.6. The Kier molecular flexibility index (Phi) is 10.2. The van der Waals surface area contributed by atoms with Crippen molar-refractivity contribution in [2.45, 2.75) is 70.0 Å². The first-order valence-corrected chi connectivity index (χ1v) is 19.7. The number of aryl methyl sites for hydroxylation is 2. The molecule has 3 saturated heterocycles. The van der Waals surface area contributed by atoms with E-state index < -0.39 is 6.04 Å². The number of hydrogen-bond acceptors (Lipinski definition) is 10. The number of fused-ring (bicyclic) bond motifs is 1. The Bertz CT molecular complexity index is 2220. The van der Waals surface area contributed by atoms with Gasteiger partial charge in [0.1, 0.15) is 17.5 Å². The molecule has 8 rings (SSSR count). The second-order valence-corrected chi connectivity index (χ2v) is 16.0. The monoisotopic (exact) mass is 761 g/mol. The summed E-state index contributed by atoms with van der Waals surface area (Å²) in [5.41, 5.74) is 5.81. The van der Waals surface area contributed by atoms with Crippen LogP contribution in [0, 0.1) is 12.8 Å². The van der Waals surface area contributed by atoms with Crippen LogP contribution < -0.4 is 30.6 Å². The molecule has 3 amide bonds. The maximum Gasteiger partial charge on any atom is 0.259 e. The number of ether oxygens (including phenoxy) is 2. The van der Waals surface area contributed by atoms with Crippen molar-refractivity contribution in [2.24, 2.45) is 13.0 Å². The Labute approximate surface area is 326 Å². The number of nitrogens with zero attached hydrogens (tertiary/aromatic N) is 5. The van der Waals surface area contributed by atoms with E-state index in [0.717, 1.165) is 96.7 Å². The first-order valence-electron chi connectivity index (χ1n) is 19.7. The molecule has 4 aromatic rings. The molecule has 1 atom stereocenters. The van der Waals surface area contributed by atoms with Crippen LogP contribution in [-0.2, 0) is 28.0 Å². The fraction of sp³-hybridized carbons (Fsp3) is 0.465. The van der Waals surface area contributed by atoms with Crippen LogP contribution in [0.2, 0.25) is 0 Å². The second-order valence-electron chi connectivity index (χ2n) is 16.0. The lowest BCUT2D eigenvalue weighted by Crippen LogP contribution is -2.56. The number of piperidine rings is 2. The van der Waals surface area contributed by atoms with E-state index in [1.807, 2.05) is 30.5 Å². The SMILES string of the molecule is COc1cc(-c2cn(C)c(=O)c3cnccc23)cc(OC)c1CN1CCN(C(=O)CC2CCN(c3ccc(NC4CCC(=O)NC4=O)cc3C)CC2)CC12CC2. The fourth-order valence-electron chi connectivity index (χ4n) is 9.01. The van der Waals surface area contributed by atoms with Crippen molar-refractivity contribution in [3.63, 3.8) is 0 Å². The number of imide groups is 1. The summed E-state index contributed by atoms with van der Waals surface area (Å²) in [6, 6.07) is 11.7. The molecule has 2 N–H and O–H groups in total. The van der Waals surface area contributed by atoms with E-state index in [1.165, 1.54) is 5.69 Å². The molecule has 0 radical (unpaired) electrons. The molecule has 3 aliphatic heterocycles. The van der Waals surface area contributed by atoms with Gasteiger partial charge < -0.3 is 29.2 Å². The number of nitrogens with one attached hydrogen (secondary N) is 2. The van der Waals surface area contributed by atoms with Gasteiger partial charge in [-0.05, 0) is 97.9 Å². The van der Waals surface area contributed by atoms with Gasteiger partial charge in [0.25, 0.3) is 5.56 Å². The largest absolute Gasteiger partial charge is 0.496 e. The van der Waals surface area contributed by atoms with Gasteiger partial charge in [-0.15, -0.1) is 0 Å². The van der Waals surface area contributed by atoms with E-state index in [4.69, 9.17) is 9.47 Å². The molecule has 13 nitrogen and oxygen atoms in total. The molecule has 294 valence electrons. The van der Waals surface area contributed by atoms with Crippen LogP contribution >= 0.6 is 0 Å². The average molecular weight is 762 g/mol. The fourth-order valence-corrected chi connectivity index (χ4v) is 9.01. The Morgan fingerprint density at radius 2 is 1.71 bits per heavy atom. The Balaban J connectivity index is 0.880. The van der Waals surface area contributed by atoms with Gasteiger partial charge in [-0.2, -0.15) is 0 Å². The summed E-state index contributed by atoms with van der Waals surface area (Å²) >= 11 is 0. The minimum absolute atomic E-state index is 0.0381. The topological polar surface area (TPSA) is 138 Å². The number of methoxy groups -OCH3 is 2. The van der Waals surface area contributed by atoms with Crippen LogP contribution in [0.15, 0.2) is 59.8 Å². The van der Waals surface area contributed by atoms with Gasteiger partial charge in [0.2, 0.25) is 17.7 Å². The standard InChI is InChI=1S/C43H51N7O6/c1-27-19-30(45-35-6-8-39(51)46-41(35)53)5-7-36(27)48-15-10-28(11-16-48)20-40(52)49-17-18-50(43(26-49)12-13-43)25-34-37(55-3)21-29(22-38(34)56-4)33-24-47(2)42(54)32-23-44-14-9-31(32)33/h5,7,9,14,19,21-24,28,35,45H,6,8,10-13,15-18,20,25-26H2,1-4H3,(H,46,51,53). The number of carbonyl (C=O) groups is 3. The van der Waals surface area contributed by atoms with Gasteiger partial charge in [0.15, 0.2) is 0 Å². The predicted octanol–water partition coefficient (Wildman–Crippen LogP) is 4.63. The number of amides is 3. The Morgan fingerprint density at radius 1 is 0.964 bits per heavy atom. The molecule has 13 heteroatoms. The van der Waals surface area contributed by atoms with E-state index in [-0.39, 0.29) is 28.8 Å². The highest BCUT2D eigenvalue weighted by Gasteiger charge is 2.52. The van der Waals surface area contributed by atoms with Crippen molar-refractivity contribution in [2.75, 3.05) is 57.2 Å². The van der Waals surface area contributed by atoms with Gasteiger partial charge in [-0.25, -0.2) is 0 Å². The van der Waals surface area contributed by atoms with Crippen molar-refractivity contribution in [1.29, 1.82) is 0 Å². The maximum atomic E-state index is 13.8. The summed E-state index contributed by atoms with van der Waals surface area (Å²) < 4.78 is 13.6. The second kappa shape index (κ2) is 15.2. The van der Waals surface area contributed by atoms with E-state index >= 15 is 0 Å². The molecule has 2 aromatic heterocycles. The van der Waals surface area contributed by atoms with Crippen molar-refractivity contribution in [3.05, 3.63) is 76.5 Å². The smallest absolute Gasteiger partial charge is 0.259 e. The van der Waals surface area contributed by atoms with Crippen molar-refractivity contribution in [1.82, 2.24) is 24.7 Å². The summed E-state index contributed by atoms with van der Waals surface area (Å²) in [4.78, 5) is 61.5. The van der Waals surface area contributed by atoms with Gasteiger partial charge >= 0.3 is 0 Å². The quantitative estimate of drug-likeness (QED) is 0.220. The molecule has 1 saturated carbocycles. The van der Waals surface area contributed by atoms with Gasteiger partial charge in [-0.1, -0.05) is 0 Å². The lowest BCUT2D eigenvalue weighted by atomic mass is 9.92. The van der Waals surface area contributed by atoms with E-state index in [9.17, 15) is 19.2 Å². The zero-order valence-corrected chi connectivity index (χ0v) is 32.7. The molecular weight excluding hydrogens is 711 g/mol. The van der Waals surface area contributed by atoms with Gasteiger partial charge in [0, 0.05) is 100 Å². The third kappa shape index (κ3) is 7.32. The third-order valence-corrected chi connectivity index (χ3v) is 12.4. The molecule has 5 heterocycles. The zero-order chi connectivity index (χ0) is 39.1. The Morgan fingerprint density at radius 3 is 2.39 bits per heavy atom. The molecule has 0 bridgehead atoms. The number of aromatic nitrogens is 2. The summed E-state index contributed by atoms with van der Waals surface area (Å²) in [5, 5.41) is 7.08. The van der Waals surface area contributed by atoms with Crippen LogP contribution in [-0.4, -0.2) is 95.6 Å². The lowest BCUT2D eigenvalue weighted by Gasteiger charge is -2.43. The minimum atomic E-state index is -0.408. The highest BCUT2D eigenvalue weighted by Crippen LogP contribution is 2.47. The van der Waals surface area contributed by atoms with E-state index in [2.05, 4.69) is 49.4 Å². The van der Waals surface area contributed by atoms with Crippen molar-refractivity contribution in [3.8, 4) is 22.6 Å². The number of carbonyl (C=O) groups excluding carboxylic acids is 3. The van der Waals surface area contributed by atoms with Crippen LogP contribution in [0.4, 0.5) is 11.4 Å². The number of piperazine rings is 1. The molecule has 1 spiro atoms. The number of hydrogen-bond donors (Lipinski definition) is 2. The number of benzene rings is 2. The molecule has 1 unspecified atom stereocenters. The molecule has 2 aromatic carbocycles. The molecular formula is C43H51N7O6. The third-order valence-electron chi connectivity index (χ3n) is 12.4. The highest BCUT2D eigenvalue weighted by atomic mass is 16.5. The Hall–Kier alpha value is -5.43. The number of anilines is 2. The summed E-state index contributed by atoms with van der Waals surface area (Å²) in [6.45, 7) is 6.75. The van der Waals surface area contributed by atoms with Gasteiger partial charge in [-0.3, -0.25) is 34.4 Å². The molecule has 1 aliphatic carbocycles. The van der Waals surface area contributed by atoms with Crippen LogP contribution in [0.1, 0.15) is 56.1 Å². The molecule has 4 aliphatic rings.